The first-order valence-corrected chi connectivity index (χ1v) is 11.7. The third-order valence-corrected chi connectivity index (χ3v) is 5.41. The molecule has 0 saturated carbocycles. The largest absolute Gasteiger partial charge is 0.508 e. The summed E-state index contributed by atoms with van der Waals surface area (Å²) < 4.78 is 0. The molecule has 194 valence electrons. The van der Waals surface area contributed by atoms with Gasteiger partial charge >= 0.3 is 5.97 Å². The summed E-state index contributed by atoms with van der Waals surface area (Å²) in [5.74, 6) is -2.77. The van der Waals surface area contributed by atoms with Gasteiger partial charge in [-0.25, -0.2) is 4.79 Å². The molecule has 3 unspecified atom stereocenters. The van der Waals surface area contributed by atoms with E-state index in [2.05, 4.69) is 16.0 Å². The van der Waals surface area contributed by atoms with E-state index >= 15 is 0 Å². The van der Waals surface area contributed by atoms with E-state index in [0.717, 1.165) is 5.56 Å². The van der Waals surface area contributed by atoms with Gasteiger partial charge < -0.3 is 31.9 Å². The molecule has 2 aromatic rings. The highest BCUT2D eigenvalue weighted by Crippen LogP contribution is 2.12. The molecule has 0 spiro atoms. The Kier molecular flexibility index (Phi) is 10.9. The van der Waals surface area contributed by atoms with Crippen LogP contribution in [0.25, 0.3) is 0 Å². The molecule has 36 heavy (non-hydrogen) atoms. The normalized spacial score (nSPS) is 13.3. The Bertz CT molecular complexity index is 1030. The van der Waals surface area contributed by atoms with Crippen LogP contribution in [0.5, 0.6) is 5.75 Å². The maximum atomic E-state index is 12.9. The van der Waals surface area contributed by atoms with E-state index in [1.54, 1.807) is 42.5 Å². The number of amides is 3. The summed E-state index contributed by atoms with van der Waals surface area (Å²) in [7, 11) is 0. The summed E-state index contributed by atoms with van der Waals surface area (Å²) in [6.45, 7) is 3.38. The van der Waals surface area contributed by atoms with Gasteiger partial charge in [-0.05, 0) is 35.6 Å². The predicted molar refractivity (Wildman–Crippen MR) is 134 cm³/mol. The Morgan fingerprint density at radius 1 is 0.833 bits per heavy atom. The average Bonchev–Trinajstić information content (AvgIpc) is 2.83. The molecule has 10 nitrogen and oxygen atoms in total. The number of carboxylic acid groups (broad SMARTS) is 1. The lowest BCUT2D eigenvalue weighted by Crippen LogP contribution is -2.54. The Hall–Kier alpha value is -3.92. The molecule has 0 radical (unpaired) electrons. The third kappa shape index (κ3) is 9.75. The number of benzene rings is 2. The van der Waals surface area contributed by atoms with Gasteiger partial charge in [0.2, 0.25) is 17.7 Å². The first-order chi connectivity index (χ1) is 17.0. The molecular weight excluding hydrogens is 464 g/mol. The molecule has 2 aromatic carbocycles. The maximum Gasteiger partial charge on any atom is 0.326 e. The highest BCUT2D eigenvalue weighted by atomic mass is 16.4. The minimum atomic E-state index is -1.20. The van der Waals surface area contributed by atoms with Gasteiger partial charge in [0.25, 0.3) is 0 Å². The fraction of sp³-hybridized carbons (Fsp3) is 0.385. The lowest BCUT2D eigenvalue weighted by atomic mass is 10.0. The first-order valence-electron chi connectivity index (χ1n) is 11.7. The van der Waals surface area contributed by atoms with Crippen LogP contribution in [0.1, 0.15) is 31.4 Å². The van der Waals surface area contributed by atoms with Crippen LogP contribution in [-0.2, 0) is 32.0 Å². The lowest BCUT2D eigenvalue weighted by Gasteiger charge is -2.22. The van der Waals surface area contributed by atoms with Crippen molar-refractivity contribution in [2.45, 2.75) is 51.2 Å². The second-order valence-corrected chi connectivity index (χ2v) is 9.03. The Morgan fingerprint density at radius 3 is 2.00 bits per heavy atom. The summed E-state index contributed by atoms with van der Waals surface area (Å²) in [5, 5.41) is 26.5. The van der Waals surface area contributed by atoms with Gasteiger partial charge in [-0.1, -0.05) is 56.3 Å². The molecule has 10 heteroatoms. The zero-order chi connectivity index (χ0) is 26.7. The van der Waals surface area contributed by atoms with Crippen molar-refractivity contribution in [3.05, 3.63) is 65.7 Å². The van der Waals surface area contributed by atoms with E-state index < -0.39 is 48.4 Å². The molecule has 0 heterocycles. The number of hydrogen-bond donors (Lipinski definition) is 6. The van der Waals surface area contributed by atoms with E-state index in [9.17, 15) is 29.4 Å². The molecule has 0 aliphatic heterocycles. The number of carboxylic acids is 1. The number of nitrogens with one attached hydrogen (secondary N) is 3. The minimum absolute atomic E-state index is 0.0582. The molecule has 0 fully saturated rings. The highest BCUT2D eigenvalue weighted by Gasteiger charge is 2.26. The minimum Gasteiger partial charge on any atom is -0.508 e. The van der Waals surface area contributed by atoms with E-state index in [-0.39, 0.29) is 24.5 Å². The van der Waals surface area contributed by atoms with E-state index in [1.165, 1.54) is 12.1 Å². The van der Waals surface area contributed by atoms with Gasteiger partial charge in [0.1, 0.15) is 17.8 Å². The average molecular weight is 499 g/mol. The number of hydrogen-bond acceptors (Lipinski definition) is 6. The fourth-order valence-electron chi connectivity index (χ4n) is 3.56. The Morgan fingerprint density at radius 2 is 1.42 bits per heavy atom. The number of carbonyl (C=O) groups excluding carboxylic acids is 3. The maximum absolute atomic E-state index is 12.9. The monoisotopic (exact) mass is 498 g/mol. The summed E-state index contributed by atoms with van der Waals surface area (Å²) >= 11 is 0. The number of carbonyl (C=O) groups is 4. The topological polar surface area (TPSA) is 171 Å². The van der Waals surface area contributed by atoms with Crippen LogP contribution >= 0.6 is 0 Å². The van der Waals surface area contributed by atoms with Crippen molar-refractivity contribution in [3.63, 3.8) is 0 Å². The van der Waals surface area contributed by atoms with E-state index in [1.807, 2.05) is 13.8 Å². The molecule has 2 rings (SSSR count). The quantitative estimate of drug-likeness (QED) is 0.236. The third-order valence-electron chi connectivity index (χ3n) is 5.41. The van der Waals surface area contributed by atoms with Gasteiger partial charge in [-0.2, -0.15) is 0 Å². The summed E-state index contributed by atoms with van der Waals surface area (Å²) in [4.78, 5) is 49.5. The number of nitrogens with two attached hydrogens (primary N) is 1. The van der Waals surface area contributed by atoms with Crippen molar-refractivity contribution in [1.82, 2.24) is 16.0 Å². The zero-order valence-electron chi connectivity index (χ0n) is 20.4. The van der Waals surface area contributed by atoms with Crippen LogP contribution < -0.4 is 21.7 Å². The second-order valence-electron chi connectivity index (χ2n) is 9.03. The number of phenols is 1. The number of phenolic OH excluding ortho intramolecular Hbond substituents is 1. The summed E-state index contributed by atoms with van der Waals surface area (Å²) in [6, 6.07) is 12.0. The van der Waals surface area contributed by atoms with E-state index in [0.29, 0.717) is 12.0 Å². The van der Waals surface area contributed by atoms with Gasteiger partial charge in [-0.15, -0.1) is 0 Å². The molecule has 0 bridgehead atoms. The van der Waals surface area contributed by atoms with Crippen LogP contribution in [0.15, 0.2) is 54.6 Å². The van der Waals surface area contributed by atoms with Crippen molar-refractivity contribution in [3.8, 4) is 5.75 Å². The summed E-state index contributed by atoms with van der Waals surface area (Å²) in [6.07, 6.45) is 0.614. The Labute approximate surface area is 210 Å². The molecule has 0 saturated heterocycles. The van der Waals surface area contributed by atoms with Crippen LogP contribution in [0.3, 0.4) is 0 Å². The van der Waals surface area contributed by atoms with Gasteiger partial charge in [0, 0.05) is 12.8 Å². The van der Waals surface area contributed by atoms with Crippen LogP contribution in [0.4, 0.5) is 0 Å². The van der Waals surface area contributed by atoms with Crippen molar-refractivity contribution in [1.29, 1.82) is 0 Å². The lowest BCUT2D eigenvalue weighted by molar-refractivity contribution is -0.141. The zero-order valence-corrected chi connectivity index (χ0v) is 20.4. The molecule has 3 atom stereocenters. The van der Waals surface area contributed by atoms with E-state index in [4.69, 9.17) is 5.73 Å². The van der Waals surface area contributed by atoms with Gasteiger partial charge in [-0.3, -0.25) is 14.4 Å². The SMILES string of the molecule is CC(C)CC(N)C(=O)NC(Cc1ccc(O)cc1)C(=O)NCC(=O)NC(Cc1ccccc1)C(=O)O. The second kappa shape index (κ2) is 13.8. The Balaban J connectivity index is 2.02. The number of aromatic hydroxyl groups is 1. The smallest absolute Gasteiger partial charge is 0.326 e. The molecular formula is C26H34N4O6. The standard InChI is InChI=1S/C26H34N4O6/c1-16(2)12-20(27)24(33)30-21(13-18-8-10-19(31)11-9-18)25(34)28-15-23(32)29-22(26(35)36)14-17-6-4-3-5-7-17/h3-11,16,20-22,31H,12-15,27H2,1-2H3,(H,28,34)(H,29,32)(H,30,33)(H,35,36). The highest BCUT2D eigenvalue weighted by molar-refractivity contribution is 5.92. The van der Waals surface area contributed by atoms with Crippen LogP contribution in [0, 0.1) is 5.92 Å². The van der Waals surface area contributed by atoms with Crippen LogP contribution in [0.2, 0.25) is 0 Å². The van der Waals surface area contributed by atoms with Crippen LogP contribution in [-0.4, -0.2) is 58.6 Å². The van der Waals surface area contributed by atoms with Gasteiger partial charge in [0.15, 0.2) is 0 Å². The molecule has 0 aliphatic rings. The fourth-order valence-corrected chi connectivity index (χ4v) is 3.56. The van der Waals surface area contributed by atoms with Crippen molar-refractivity contribution < 1.29 is 29.4 Å². The molecule has 3 amide bonds. The first kappa shape index (κ1) is 28.3. The molecule has 0 aliphatic carbocycles. The number of rotatable bonds is 13. The number of aliphatic carboxylic acids is 1. The summed E-state index contributed by atoms with van der Waals surface area (Å²) in [5.41, 5.74) is 7.36. The van der Waals surface area contributed by atoms with Crippen molar-refractivity contribution in [2.75, 3.05) is 6.54 Å². The van der Waals surface area contributed by atoms with Gasteiger partial charge in [0.05, 0.1) is 12.6 Å². The van der Waals surface area contributed by atoms with Crippen molar-refractivity contribution >= 4 is 23.7 Å². The molecule has 0 aromatic heterocycles. The predicted octanol–water partition coefficient (Wildman–Crippen LogP) is 0.721. The molecule has 7 N–H and O–H groups in total. The van der Waals surface area contributed by atoms with Crippen molar-refractivity contribution in [2.24, 2.45) is 11.7 Å².